The van der Waals surface area contributed by atoms with Crippen LogP contribution in [-0.4, -0.2) is 46.0 Å². The van der Waals surface area contributed by atoms with E-state index in [4.69, 9.17) is 0 Å². The van der Waals surface area contributed by atoms with Crippen LogP contribution in [0.4, 0.5) is 0 Å². The highest BCUT2D eigenvalue weighted by molar-refractivity contribution is 5.84. The van der Waals surface area contributed by atoms with Gasteiger partial charge in [0.1, 0.15) is 5.54 Å². The molecule has 2 aliphatic heterocycles. The number of dihydropyridines is 1. The first-order valence-electron chi connectivity index (χ1n) is 13.4. The van der Waals surface area contributed by atoms with E-state index >= 15 is 0 Å². The Hall–Kier alpha value is -1.56. The van der Waals surface area contributed by atoms with Gasteiger partial charge in [-0.25, -0.2) is 5.01 Å². The predicted octanol–water partition coefficient (Wildman–Crippen LogP) is 4.98. The number of carbonyl (C=O) groups is 1. The molecule has 6 heteroatoms. The lowest BCUT2D eigenvalue weighted by molar-refractivity contribution is -0.133. The van der Waals surface area contributed by atoms with Gasteiger partial charge in [0.25, 0.3) is 0 Å². The molecule has 1 N–H and O–H groups in total. The SMILES string of the molecule is CC12C=CC=NC1N(CC(=O)[C@H]1CC[C@H]3[C@@H]4CC[C@@H]5C[C@](C)(O)CCC5[C@H]4CC[C@]13C)N=N2. The molecule has 4 aliphatic carbocycles. The summed E-state index contributed by atoms with van der Waals surface area (Å²) in [6, 6.07) is 0. The van der Waals surface area contributed by atoms with E-state index in [-0.39, 0.29) is 17.5 Å². The van der Waals surface area contributed by atoms with Crippen LogP contribution in [0.2, 0.25) is 0 Å². The minimum absolute atomic E-state index is 0.126. The summed E-state index contributed by atoms with van der Waals surface area (Å²) in [7, 11) is 0. The van der Waals surface area contributed by atoms with E-state index in [0.29, 0.717) is 24.2 Å². The zero-order chi connectivity index (χ0) is 23.0. The van der Waals surface area contributed by atoms with Gasteiger partial charge >= 0.3 is 0 Å². The number of allylic oxidation sites excluding steroid dienone is 1. The van der Waals surface area contributed by atoms with Gasteiger partial charge in [-0.1, -0.05) is 12.1 Å². The molecule has 0 aromatic carbocycles. The summed E-state index contributed by atoms with van der Waals surface area (Å²) in [6.45, 7) is 6.83. The van der Waals surface area contributed by atoms with Crippen LogP contribution >= 0.6 is 0 Å². The lowest BCUT2D eigenvalue weighted by Crippen LogP contribution is -2.51. The van der Waals surface area contributed by atoms with Crippen LogP contribution in [0.3, 0.4) is 0 Å². The summed E-state index contributed by atoms with van der Waals surface area (Å²) in [6.07, 6.45) is 16.0. The van der Waals surface area contributed by atoms with Crippen molar-refractivity contribution in [2.75, 3.05) is 6.54 Å². The van der Waals surface area contributed by atoms with Gasteiger partial charge in [-0.15, -0.1) is 0 Å². The average molecular weight is 453 g/mol. The van der Waals surface area contributed by atoms with Crippen LogP contribution < -0.4 is 0 Å². The molecule has 6 rings (SSSR count). The number of hydrogen-bond acceptors (Lipinski definition) is 6. The Balaban J connectivity index is 1.16. The van der Waals surface area contributed by atoms with Crippen LogP contribution in [0, 0.1) is 40.9 Å². The van der Waals surface area contributed by atoms with Crippen LogP contribution in [0.1, 0.15) is 78.6 Å². The Morgan fingerprint density at radius 1 is 1.03 bits per heavy atom. The van der Waals surface area contributed by atoms with Crippen molar-refractivity contribution >= 4 is 12.0 Å². The second-order valence-electron chi connectivity index (χ2n) is 12.9. The fourth-order valence-electron chi connectivity index (χ4n) is 9.27. The van der Waals surface area contributed by atoms with Crippen LogP contribution in [0.5, 0.6) is 0 Å². The van der Waals surface area contributed by atoms with Gasteiger partial charge in [-0.2, -0.15) is 5.11 Å². The monoisotopic (exact) mass is 452 g/mol. The topological polar surface area (TPSA) is 77.6 Å². The van der Waals surface area contributed by atoms with Crippen molar-refractivity contribution < 1.29 is 9.90 Å². The van der Waals surface area contributed by atoms with Crippen LogP contribution in [-0.2, 0) is 4.79 Å². The number of carbonyl (C=O) groups excluding carboxylic acids is 1. The van der Waals surface area contributed by atoms with Gasteiger partial charge in [0, 0.05) is 12.1 Å². The number of Topliss-reactive ketones (excluding diaryl/α,β-unsaturated/α-hetero) is 1. The third-order valence-electron chi connectivity index (χ3n) is 10.9. The molecule has 10 atom stereocenters. The van der Waals surface area contributed by atoms with Crippen molar-refractivity contribution in [3.05, 3.63) is 12.2 Å². The number of fused-ring (bicyclic) bond motifs is 6. The number of hydrogen-bond donors (Lipinski definition) is 1. The predicted molar refractivity (Wildman–Crippen MR) is 128 cm³/mol. The quantitative estimate of drug-likeness (QED) is 0.656. The zero-order valence-corrected chi connectivity index (χ0v) is 20.5. The van der Waals surface area contributed by atoms with E-state index in [0.717, 1.165) is 37.0 Å². The van der Waals surface area contributed by atoms with E-state index in [1.165, 1.54) is 38.5 Å². The van der Waals surface area contributed by atoms with Crippen LogP contribution in [0.25, 0.3) is 0 Å². The number of rotatable bonds is 3. The summed E-state index contributed by atoms with van der Waals surface area (Å²) < 4.78 is 0. The van der Waals surface area contributed by atoms with E-state index in [1.54, 1.807) is 6.21 Å². The molecule has 0 saturated heterocycles. The van der Waals surface area contributed by atoms with Crippen LogP contribution in [0.15, 0.2) is 27.5 Å². The summed E-state index contributed by atoms with van der Waals surface area (Å²) in [5.41, 5.74) is -0.775. The van der Waals surface area contributed by atoms with Crippen molar-refractivity contribution in [3.8, 4) is 0 Å². The number of aliphatic hydroxyl groups is 1. The third-order valence-corrected chi connectivity index (χ3v) is 10.9. The molecule has 0 bridgehead atoms. The maximum atomic E-state index is 13.7. The minimum Gasteiger partial charge on any atom is -0.390 e. The standard InChI is InChI=1S/C27H40N4O2/c1-25(33)12-9-18-17(15-25)5-6-20-19(18)10-13-26(2)21(20)7-8-22(26)23(32)16-31-24-27(3,29-30-31)11-4-14-28-24/h4,11,14,17-22,24,33H,5-10,12-13,15-16H2,1-3H3/t17-,18?,19-,20-,21+,22-,24?,25-,26+,27?/m1/s1. The van der Waals surface area contributed by atoms with Gasteiger partial charge in [-0.3, -0.25) is 9.79 Å². The maximum Gasteiger partial charge on any atom is 0.169 e. The Morgan fingerprint density at radius 3 is 2.70 bits per heavy atom. The average Bonchev–Trinajstić information content (AvgIpc) is 3.29. The minimum atomic E-state index is -0.455. The number of nitrogens with zero attached hydrogens (tertiary/aromatic N) is 4. The molecule has 4 saturated carbocycles. The molecule has 33 heavy (non-hydrogen) atoms. The first-order valence-corrected chi connectivity index (χ1v) is 13.4. The highest BCUT2D eigenvalue weighted by Crippen LogP contribution is 2.64. The molecular formula is C27H40N4O2. The van der Waals surface area contributed by atoms with E-state index in [9.17, 15) is 9.90 Å². The van der Waals surface area contributed by atoms with E-state index < -0.39 is 11.1 Å². The Morgan fingerprint density at radius 2 is 1.85 bits per heavy atom. The molecule has 0 aromatic heterocycles. The second-order valence-corrected chi connectivity index (χ2v) is 12.9. The highest BCUT2D eigenvalue weighted by Gasteiger charge is 2.59. The van der Waals surface area contributed by atoms with Gasteiger partial charge < -0.3 is 5.11 Å². The molecule has 0 amide bonds. The first-order chi connectivity index (χ1) is 15.7. The molecule has 6 nitrogen and oxygen atoms in total. The molecule has 0 radical (unpaired) electrons. The van der Waals surface area contributed by atoms with Crippen molar-refractivity contribution in [2.24, 2.45) is 56.3 Å². The molecular weight excluding hydrogens is 412 g/mol. The Kier molecular flexibility index (Phi) is 4.96. The normalized spacial score (nSPS) is 52.2. The number of aliphatic imine (C=N–C) groups is 1. The lowest BCUT2D eigenvalue weighted by Gasteiger charge is -2.56. The lowest BCUT2D eigenvalue weighted by atomic mass is 9.49. The summed E-state index contributed by atoms with van der Waals surface area (Å²) >= 11 is 0. The summed E-state index contributed by atoms with van der Waals surface area (Å²) in [4.78, 5) is 18.2. The van der Waals surface area contributed by atoms with Gasteiger partial charge in [0.2, 0.25) is 0 Å². The van der Waals surface area contributed by atoms with Crippen molar-refractivity contribution in [1.29, 1.82) is 0 Å². The highest BCUT2D eigenvalue weighted by atomic mass is 16.3. The Labute approximate surface area is 198 Å². The van der Waals surface area contributed by atoms with Gasteiger partial charge in [0.05, 0.1) is 12.1 Å². The van der Waals surface area contributed by atoms with Gasteiger partial charge in [-0.05, 0) is 119 Å². The fourth-order valence-corrected chi connectivity index (χ4v) is 9.27. The zero-order valence-electron chi connectivity index (χ0n) is 20.5. The third kappa shape index (κ3) is 3.37. The Bertz CT molecular complexity index is 912. The summed E-state index contributed by atoms with van der Waals surface area (Å²) in [5, 5.41) is 21.3. The molecule has 2 heterocycles. The number of ketones is 1. The van der Waals surface area contributed by atoms with Crippen molar-refractivity contribution in [3.63, 3.8) is 0 Å². The molecule has 6 aliphatic rings. The molecule has 4 fully saturated rings. The largest absolute Gasteiger partial charge is 0.390 e. The smallest absolute Gasteiger partial charge is 0.169 e. The molecule has 3 unspecified atom stereocenters. The fraction of sp³-hybridized carbons (Fsp3) is 0.852. The molecule has 0 aromatic rings. The summed E-state index contributed by atoms with van der Waals surface area (Å²) in [5.74, 6) is 4.24. The first kappa shape index (κ1) is 21.9. The molecule has 0 spiro atoms. The maximum absolute atomic E-state index is 13.7. The van der Waals surface area contributed by atoms with E-state index in [2.05, 4.69) is 22.3 Å². The molecule has 180 valence electrons. The van der Waals surface area contributed by atoms with Crippen molar-refractivity contribution in [1.82, 2.24) is 5.01 Å². The van der Waals surface area contributed by atoms with Crippen molar-refractivity contribution in [2.45, 2.75) is 95.9 Å². The van der Waals surface area contributed by atoms with E-state index in [1.807, 2.05) is 31.0 Å². The van der Waals surface area contributed by atoms with Gasteiger partial charge in [0.15, 0.2) is 11.9 Å². The second kappa shape index (κ2) is 7.47.